The van der Waals surface area contributed by atoms with Gasteiger partial charge in [-0.25, -0.2) is 0 Å². The molecule has 118 valence electrons. The Kier molecular flexibility index (Phi) is 6.25. The summed E-state index contributed by atoms with van der Waals surface area (Å²) in [5, 5.41) is 8.88. The van der Waals surface area contributed by atoms with Crippen LogP contribution < -0.4 is 15.2 Å². The van der Waals surface area contributed by atoms with Gasteiger partial charge in [-0.05, 0) is 36.1 Å². The molecule has 0 aliphatic rings. The van der Waals surface area contributed by atoms with Gasteiger partial charge < -0.3 is 20.3 Å². The SMILES string of the molecule is COc1cc([C@@H](N)CCCO)ccc1OCc1ccccc1. The third-order valence-electron chi connectivity index (χ3n) is 3.53. The normalized spacial score (nSPS) is 12.0. The summed E-state index contributed by atoms with van der Waals surface area (Å²) in [7, 11) is 1.62. The molecular weight excluding hydrogens is 278 g/mol. The number of nitrogens with two attached hydrogens (primary N) is 1. The minimum absolute atomic E-state index is 0.107. The summed E-state index contributed by atoms with van der Waals surface area (Å²) >= 11 is 0. The van der Waals surface area contributed by atoms with Gasteiger partial charge in [0.15, 0.2) is 11.5 Å². The molecule has 0 aromatic heterocycles. The molecule has 2 rings (SSSR count). The smallest absolute Gasteiger partial charge is 0.161 e. The van der Waals surface area contributed by atoms with E-state index >= 15 is 0 Å². The number of rotatable bonds is 8. The number of methoxy groups -OCH3 is 1. The van der Waals surface area contributed by atoms with E-state index in [0.717, 1.165) is 17.5 Å². The van der Waals surface area contributed by atoms with Crippen molar-refractivity contribution in [1.82, 2.24) is 0 Å². The number of aliphatic hydroxyl groups is 1. The van der Waals surface area contributed by atoms with Crippen LogP contribution >= 0.6 is 0 Å². The first kappa shape index (κ1) is 16.3. The first-order chi connectivity index (χ1) is 10.7. The van der Waals surface area contributed by atoms with Crippen LogP contribution in [0.5, 0.6) is 11.5 Å². The van der Waals surface area contributed by atoms with Crippen molar-refractivity contribution in [3.63, 3.8) is 0 Å². The zero-order valence-electron chi connectivity index (χ0n) is 12.9. The average molecular weight is 301 g/mol. The third kappa shape index (κ3) is 4.48. The van der Waals surface area contributed by atoms with E-state index in [2.05, 4.69) is 0 Å². The van der Waals surface area contributed by atoms with Crippen LogP contribution in [0.3, 0.4) is 0 Å². The second-order valence-corrected chi connectivity index (χ2v) is 5.16. The Labute approximate surface area is 131 Å². The fraction of sp³-hybridized carbons (Fsp3) is 0.333. The predicted molar refractivity (Wildman–Crippen MR) is 87.0 cm³/mol. The van der Waals surface area contributed by atoms with Gasteiger partial charge in [0.2, 0.25) is 0 Å². The van der Waals surface area contributed by atoms with Crippen molar-refractivity contribution in [2.75, 3.05) is 13.7 Å². The summed E-state index contributed by atoms with van der Waals surface area (Å²) in [4.78, 5) is 0. The predicted octanol–water partition coefficient (Wildman–Crippen LogP) is 3.05. The summed E-state index contributed by atoms with van der Waals surface area (Å²) in [5.41, 5.74) is 8.20. The quantitative estimate of drug-likeness (QED) is 0.786. The average Bonchev–Trinajstić information content (AvgIpc) is 2.58. The molecule has 4 heteroatoms. The van der Waals surface area contributed by atoms with Crippen LogP contribution in [0.4, 0.5) is 0 Å². The second kappa shape index (κ2) is 8.41. The van der Waals surface area contributed by atoms with Crippen LogP contribution in [-0.2, 0) is 6.61 Å². The molecule has 0 fully saturated rings. The zero-order valence-corrected chi connectivity index (χ0v) is 12.9. The Balaban J connectivity index is 2.05. The van der Waals surface area contributed by atoms with E-state index < -0.39 is 0 Å². The number of hydrogen-bond acceptors (Lipinski definition) is 4. The monoisotopic (exact) mass is 301 g/mol. The Bertz CT molecular complexity index is 572. The van der Waals surface area contributed by atoms with Gasteiger partial charge in [0.05, 0.1) is 7.11 Å². The van der Waals surface area contributed by atoms with Gasteiger partial charge in [-0.2, -0.15) is 0 Å². The summed E-state index contributed by atoms with van der Waals surface area (Å²) < 4.78 is 11.2. The van der Waals surface area contributed by atoms with Crippen LogP contribution in [-0.4, -0.2) is 18.8 Å². The second-order valence-electron chi connectivity index (χ2n) is 5.16. The minimum atomic E-state index is -0.107. The summed E-state index contributed by atoms with van der Waals surface area (Å²) in [6, 6.07) is 15.6. The van der Waals surface area contributed by atoms with E-state index in [4.69, 9.17) is 20.3 Å². The Morgan fingerprint density at radius 3 is 2.55 bits per heavy atom. The molecule has 0 heterocycles. The lowest BCUT2D eigenvalue weighted by Crippen LogP contribution is -2.11. The maximum absolute atomic E-state index is 8.88. The number of aliphatic hydroxyl groups excluding tert-OH is 1. The van der Waals surface area contributed by atoms with E-state index in [1.807, 2.05) is 48.5 Å². The molecular formula is C18H23NO3. The van der Waals surface area contributed by atoms with Crippen LogP contribution in [0, 0.1) is 0 Å². The van der Waals surface area contributed by atoms with Crippen molar-refractivity contribution >= 4 is 0 Å². The van der Waals surface area contributed by atoms with Crippen LogP contribution in [0.2, 0.25) is 0 Å². The summed E-state index contributed by atoms with van der Waals surface area (Å²) in [6.07, 6.45) is 1.43. The van der Waals surface area contributed by atoms with Crippen LogP contribution in [0.25, 0.3) is 0 Å². The fourth-order valence-corrected chi connectivity index (χ4v) is 2.25. The van der Waals surface area contributed by atoms with Gasteiger partial charge >= 0.3 is 0 Å². The highest BCUT2D eigenvalue weighted by atomic mass is 16.5. The maximum Gasteiger partial charge on any atom is 0.161 e. The van der Waals surface area contributed by atoms with Crippen LogP contribution in [0.15, 0.2) is 48.5 Å². The molecule has 0 saturated carbocycles. The van der Waals surface area contributed by atoms with E-state index in [0.29, 0.717) is 24.5 Å². The maximum atomic E-state index is 8.88. The van der Waals surface area contributed by atoms with Crippen molar-refractivity contribution < 1.29 is 14.6 Å². The highest BCUT2D eigenvalue weighted by molar-refractivity contribution is 5.44. The first-order valence-corrected chi connectivity index (χ1v) is 7.45. The molecule has 0 saturated heterocycles. The number of benzene rings is 2. The number of ether oxygens (including phenoxy) is 2. The molecule has 2 aromatic carbocycles. The Morgan fingerprint density at radius 2 is 1.86 bits per heavy atom. The lowest BCUT2D eigenvalue weighted by atomic mass is 10.0. The third-order valence-corrected chi connectivity index (χ3v) is 3.53. The molecule has 0 bridgehead atoms. The molecule has 0 aliphatic heterocycles. The van der Waals surface area contributed by atoms with Crippen molar-refractivity contribution in [3.8, 4) is 11.5 Å². The molecule has 0 unspecified atom stereocenters. The molecule has 2 aromatic rings. The fourth-order valence-electron chi connectivity index (χ4n) is 2.25. The molecule has 4 nitrogen and oxygen atoms in total. The molecule has 1 atom stereocenters. The summed E-state index contributed by atoms with van der Waals surface area (Å²) in [5.74, 6) is 1.37. The van der Waals surface area contributed by atoms with Crippen molar-refractivity contribution in [1.29, 1.82) is 0 Å². The standard InChI is InChI=1S/C18H23NO3/c1-21-18-12-15(16(19)8-5-11-20)9-10-17(18)22-13-14-6-3-2-4-7-14/h2-4,6-7,9-10,12,16,20H,5,8,11,13,19H2,1H3/t16-/m0/s1. The summed E-state index contributed by atoms with van der Waals surface area (Å²) in [6.45, 7) is 0.649. The highest BCUT2D eigenvalue weighted by Gasteiger charge is 2.11. The van der Waals surface area contributed by atoms with E-state index in [9.17, 15) is 0 Å². The highest BCUT2D eigenvalue weighted by Crippen LogP contribution is 2.31. The molecule has 0 radical (unpaired) electrons. The van der Waals surface area contributed by atoms with Crippen LogP contribution in [0.1, 0.15) is 30.0 Å². The van der Waals surface area contributed by atoms with Gasteiger partial charge in [-0.3, -0.25) is 0 Å². The molecule has 0 aliphatic carbocycles. The van der Waals surface area contributed by atoms with E-state index in [-0.39, 0.29) is 12.6 Å². The lowest BCUT2D eigenvalue weighted by molar-refractivity contribution is 0.279. The molecule has 3 N–H and O–H groups in total. The largest absolute Gasteiger partial charge is 0.493 e. The van der Waals surface area contributed by atoms with Gasteiger partial charge in [-0.1, -0.05) is 36.4 Å². The lowest BCUT2D eigenvalue weighted by Gasteiger charge is -2.15. The Hall–Kier alpha value is -2.04. The van der Waals surface area contributed by atoms with Gasteiger partial charge in [0, 0.05) is 12.6 Å². The molecule has 22 heavy (non-hydrogen) atoms. The van der Waals surface area contributed by atoms with Gasteiger partial charge in [-0.15, -0.1) is 0 Å². The first-order valence-electron chi connectivity index (χ1n) is 7.45. The van der Waals surface area contributed by atoms with E-state index in [1.54, 1.807) is 7.11 Å². The topological polar surface area (TPSA) is 64.7 Å². The van der Waals surface area contributed by atoms with Crippen molar-refractivity contribution in [2.45, 2.75) is 25.5 Å². The zero-order chi connectivity index (χ0) is 15.8. The number of hydrogen-bond donors (Lipinski definition) is 2. The van der Waals surface area contributed by atoms with Gasteiger partial charge in [0.25, 0.3) is 0 Å². The van der Waals surface area contributed by atoms with E-state index in [1.165, 1.54) is 0 Å². The van der Waals surface area contributed by atoms with Gasteiger partial charge in [0.1, 0.15) is 6.61 Å². The van der Waals surface area contributed by atoms with Crippen molar-refractivity contribution in [2.24, 2.45) is 5.73 Å². The van der Waals surface area contributed by atoms with Crippen molar-refractivity contribution in [3.05, 3.63) is 59.7 Å². The Morgan fingerprint density at radius 1 is 1.09 bits per heavy atom. The molecule has 0 amide bonds. The molecule has 0 spiro atoms. The minimum Gasteiger partial charge on any atom is -0.493 e.